The van der Waals surface area contributed by atoms with E-state index in [0.717, 1.165) is 11.3 Å². The highest BCUT2D eigenvalue weighted by molar-refractivity contribution is 5.67. The third-order valence-corrected chi connectivity index (χ3v) is 5.34. The Hall–Kier alpha value is -1.91. The summed E-state index contributed by atoms with van der Waals surface area (Å²) < 4.78 is 10.6. The molecule has 1 amide bonds. The van der Waals surface area contributed by atoms with Crippen LogP contribution in [0.4, 0.5) is 4.79 Å². The fraction of sp³-hybridized carbons (Fsp3) is 0.632. The molecule has 28 heavy (non-hydrogen) atoms. The number of rotatable bonds is 8. The minimum Gasteiger partial charge on any atom is -0.497 e. The lowest BCUT2D eigenvalue weighted by atomic mass is 9.95. The molecule has 3 rings (SSSR count). The average Bonchev–Trinajstić information content (AvgIpc) is 3.00. The molecule has 156 valence electrons. The number of aliphatic hydroxyl groups excluding tert-OH is 1. The zero-order valence-electron chi connectivity index (χ0n) is 16.1. The minimum atomic E-state index is -0.797. The summed E-state index contributed by atoms with van der Waals surface area (Å²) in [7, 11) is 1.62. The Bertz CT molecular complexity index is 650. The SMILES string of the molecule is COc1ccc(C[C@H]2NC[C@H](O)[C@H]2OC(=O)NCCN2CC(O)(CN)C2)cc1. The molecule has 0 radical (unpaired) electrons. The first kappa shape index (κ1) is 20.8. The number of methoxy groups -OCH3 is 1. The summed E-state index contributed by atoms with van der Waals surface area (Å²) >= 11 is 0. The summed E-state index contributed by atoms with van der Waals surface area (Å²) in [5.74, 6) is 0.780. The van der Waals surface area contributed by atoms with Crippen LogP contribution < -0.4 is 21.1 Å². The zero-order chi connectivity index (χ0) is 20.1. The van der Waals surface area contributed by atoms with Crippen LogP contribution in [0.25, 0.3) is 0 Å². The standard InChI is InChI=1S/C19H30N4O5/c1-27-14-4-2-13(3-5-14)8-15-17(16(24)9-22-15)28-18(25)21-6-7-23-11-19(26,10-20)12-23/h2-5,15-17,22,24,26H,6-12,20H2,1H3,(H,21,25)/t15-,16+,17+/m1/s1. The van der Waals surface area contributed by atoms with Crippen LogP contribution in [0.3, 0.4) is 0 Å². The Morgan fingerprint density at radius 3 is 2.75 bits per heavy atom. The number of benzene rings is 1. The summed E-state index contributed by atoms with van der Waals surface area (Å²) in [4.78, 5) is 14.1. The normalized spacial score (nSPS) is 26.5. The Morgan fingerprint density at radius 1 is 1.39 bits per heavy atom. The number of amides is 1. The number of likely N-dealkylation sites (tertiary alicyclic amines) is 1. The molecule has 0 aliphatic carbocycles. The second-order valence-corrected chi connectivity index (χ2v) is 7.57. The van der Waals surface area contributed by atoms with Gasteiger partial charge in [0.05, 0.1) is 13.2 Å². The van der Waals surface area contributed by atoms with Crippen molar-refractivity contribution in [3.8, 4) is 5.75 Å². The average molecular weight is 394 g/mol. The molecule has 0 aromatic heterocycles. The van der Waals surface area contributed by atoms with Gasteiger partial charge in [0, 0.05) is 39.3 Å². The lowest BCUT2D eigenvalue weighted by Gasteiger charge is -2.45. The van der Waals surface area contributed by atoms with Gasteiger partial charge in [-0.15, -0.1) is 0 Å². The Labute approximate surface area is 164 Å². The fourth-order valence-corrected chi connectivity index (χ4v) is 3.69. The second-order valence-electron chi connectivity index (χ2n) is 7.57. The van der Waals surface area contributed by atoms with E-state index in [4.69, 9.17) is 15.2 Å². The van der Waals surface area contributed by atoms with Crippen molar-refractivity contribution in [2.24, 2.45) is 5.73 Å². The van der Waals surface area contributed by atoms with Gasteiger partial charge in [-0.1, -0.05) is 12.1 Å². The lowest BCUT2D eigenvalue weighted by Crippen LogP contribution is -2.66. The van der Waals surface area contributed by atoms with Crippen LogP contribution in [0.2, 0.25) is 0 Å². The van der Waals surface area contributed by atoms with Crippen molar-refractivity contribution in [2.75, 3.05) is 46.4 Å². The molecular weight excluding hydrogens is 364 g/mol. The number of β-amino-alcohol motifs (C(OH)–C–C–N with tert-alkyl or cyclic N) is 2. The lowest BCUT2D eigenvalue weighted by molar-refractivity contribution is -0.0889. The minimum absolute atomic E-state index is 0.163. The highest BCUT2D eigenvalue weighted by Crippen LogP contribution is 2.20. The number of carbonyl (C=O) groups is 1. The van der Waals surface area contributed by atoms with Gasteiger partial charge in [0.15, 0.2) is 0 Å². The first-order valence-electron chi connectivity index (χ1n) is 9.56. The largest absolute Gasteiger partial charge is 0.497 e. The maximum atomic E-state index is 12.1. The molecule has 1 aromatic carbocycles. The predicted molar refractivity (Wildman–Crippen MR) is 103 cm³/mol. The van der Waals surface area contributed by atoms with Gasteiger partial charge < -0.3 is 36.1 Å². The third-order valence-electron chi connectivity index (χ3n) is 5.34. The van der Waals surface area contributed by atoms with Crippen LogP contribution in [0.5, 0.6) is 5.75 Å². The van der Waals surface area contributed by atoms with E-state index in [1.165, 1.54) is 0 Å². The molecule has 2 fully saturated rings. The quantitative estimate of drug-likeness (QED) is 0.367. The number of nitrogens with one attached hydrogen (secondary N) is 2. The van der Waals surface area contributed by atoms with Gasteiger partial charge in [0.2, 0.25) is 0 Å². The zero-order valence-corrected chi connectivity index (χ0v) is 16.1. The van der Waals surface area contributed by atoms with Crippen LogP contribution in [0, 0.1) is 0 Å². The van der Waals surface area contributed by atoms with Crippen molar-refractivity contribution in [3.05, 3.63) is 29.8 Å². The van der Waals surface area contributed by atoms with Crippen LogP contribution in [0.1, 0.15) is 5.56 Å². The molecule has 2 aliphatic heterocycles. The van der Waals surface area contributed by atoms with E-state index >= 15 is 0 Å². The van der Waals surface area contributed by atoms with Crippen molar-refractivity contribution in [3.63, 3.8) is 0 Å². The number of hydrogen-bond acceptors (Lipinski definition) is 8. The molecule has 1 aromatic rings. The molecule has 6 N–H and O–H groups in total. The summed E-state index contributed by atoms with van der Waals surface area (Å²) in [5.41, 5.74) is 5.76. The third kappa shape index (κ3) is 5.12. The van der Waals surface area contributed by atoms with Gasteiger partial charge in [-0.25, -0.2) is 4.79 Å². The van der Waals surface area contributed by atoms with Gasteiger partial charge in [0.1, 0.15) is 23.6 Å². The Morgan fingerprint density at radius 2 is 2.11 bits per heavy atom. The van der Waals surface area contributed by atoms with Crippen molar-refractivity contribution < 1.29 is 24.5 Å². The van der Waals surface area contributed by atoms with Crippen molar-refractivity contribution in [2.45, 2.75) is 30.3 Å². The molecule has 9 heteroatoms. The van der Waals surface area contributed by atoms with E-state index in [-0.39, 0.29) is 12.6 Å². The number of ether oxygens (including phenoxy) is 2. The van der Waals surface area contributed by atoms with Gasteiger partial charge in [-0.2, -0.15) is 0 Å². The monoisotopic (exact) mass is 394 g/mol. The molecule has 2 heterocycles. The van der Waals surface area contributed by atoms with Crippen LogP contribution in [-0.2, 0) is 11.2 Å². The van der Waals surface area contributed by atoms with E-state index < -0.39 is 23.9 Å². The number of hydrogen-bond donors (Lipinski definition) is 5. The summed E-state index contributed by atoms with van der Waals surface area (Å²) in [6.45, 7) is 2.65. The first-order chi connectivity index (χ1) is 13.4. The molecule has 2 saturated heterocycles. The molecule has 0 spiro atoms. The van der Waals surface area contributed by atoms with E-state index in [1.54, 1.807) is 7.11 Å². The number of nitrogens with two attached hydrogens (primary N) is 1. The summed E-state index contributed by atoms with van der Waals surface area (Å²) in [6.07, 6.45) is -1.29. The maximum absolute atomic E-state index is 12.1. The van der Waals surface area contributed by atoms with Gasteiger partial charge >= 0.3 is 6.09 Å². The number of aliphatic hydroxyl groups is 2. The van der Waals surface area contributed by atoms with Crippen molar-refractivity contribution in [1.82, 2.24) is 15.5 Å². The first-order valence-corrected chi connectivity index (χ1v) is 9.56. The highest BCUT2D eigenvalue weighted by atomic mass is 16.6. The summed E-state index contributed by atoms with van der Waals surface area (Å²) in [6, 6.07) is 7.51. The van der Waals surface area contributed by atoms with E-state index in [0.29, 0.717) is 39.1 Å². The molecule has 2 aliphatic rings. The number of carbonyl (C=O) groups excluding carboxylic acids is 1. The van der Waals surface area contributed by atoms with E-state index in [9.17, 15) is 15.0 Å². The van der Waals surface area contributed by atoms with Gasteiger partial charge in [-0.3, -0.25) is 4.90 Å². The highest BCUT2D eigenvalue weighted by Gasteiger charge is 2.40. The molecule has 9 nitrogen and oxygen atoms in total. The molecule has 3 atom stereocenters. The second kappa shape index (κ2) is 9.06. The van der Waals surface area contributed by atoms with Crippen LogP contribution in [0.15, 0.2) is 24.3 Å². The number of nitrogens with zero attached hydrogens (tertiary/aromatic N) is 1. The predicted octanol–water partition coefficient (Wildman–Crippen LogP) is -1.33. The Kier molecular flexibility index (Phi) is 6.73. The molecule has 0 unspecified atom stereocenters. The Balaban J connectivity index is 1.42. The van der Waals surface area contributed by atoms with Crippen LogP contribution >= 0.6 is 0 Å². The van der Waals surface area contributed by atoms with E-state index in [1.807, 2.05) is 29.2 Å². The van der Waals surface area contributed by atoms with Crippen molar-refractivity contribution in [1.29, 1.82) is 0 Å². The smallest absolute Gasteiger partial charge is 0.407 e. The number of alkyl carbamates (subject to hydrolysis) is 1. The molecular formula is C19H30N4O5. The maximum Gasteiger partial charge on any atom is 0.407 e. The van der Waals surface area contributed by atoms with Crippen molar-refractivity contribution >= 4 is 6.09 Å². The topological polar surface area (TPSA) is 129 Å². The summed E-state index contributed by atoms with van der Waals surface area (Å²) in [5, 5.41) is 26.0. The van der Waals surface area contributed by atoms with Crippen LogP contribution in [-0.4, -0.2) is 91.4 Å². The van der Waals surface area contributed by atoms with E-state index in [2.05, 4.69) is 10.6 Å². The van der Waals surface area contributed by atoms with Gasteiger partial charge in [0.25, 0.3) is 0 Å². The molecule has 0 saturated carbocycles. The molecule has 0 bridgehead atoms. The van der Waals surface area contributed by atoms with Gasteiger partial charge in [-0.05, 0) is 24.1 Å². The fourth-order valence-electron chi connectivity index (χ4n) is 3.69.